The van der Waals surface area contributed by atoms with Crippen LogP contribution in [-0.4, -0.2) is 36.9 Å². The summed E-state index contributed by atoms with van der Waals surface area (Å²) >= 11 is 6.27. The molecule has 0 aliphatic rings. The van der Waals surface area contributed by atoms with Crippen LogP contribution in [0.1, 0.15) is 12.0 Å². The number of aryl methyl sites for hydroxylation is 1. The van der Waals surface area contributed by atoms with Crippen LogP contribution in [0.15, 0.2) is 33.9 Å². The molecule has 26 heavy (non-hydrogen) atoms. The van der Waals surface area contributed by atoms with Crippen LogP contribution in [0.25, 0.3) is 11.2 Å². The van der Waals surface area contributed by atoms with Crippen LogP contribution < -0.4 is 16.6 Å². The lowest BCUT2D eigenvalue weighted by molar-refractivity contribution is 0.292. The molecule has 0 aliphatic heterocycles. The number of fused-ring (bicyclic) bond motifs is 1. The van der Waals surface area contributed by atoms with Gasteiger partial charge in [-0.25, -0.2) is 4.79 Å². The number of anilines is 1. The third-order valence-electron chi connectivity index (χ3n) is 4.25. The number of nitrogens with one attached hydrogen (secondary N) is 1. The lowest BCUT2D eigenvalue weighted by atomic mass is 10.2. The van der Waals surface area contributed by atoms with Crippen molar-refractivity contribution in [2.75, 3.05) is 18.5 Å². The highest BCUT2D eigenvalue weighted by atomic mass is 35.5. The van der Waals surface area contributed by atoms with Gasteiger partial charge in [-0.05, 0) is 18.1 Å². The summed E-state index contributed by atoms with van der Waals surface area (Å²) in [5.74, 6) is 0.451. The molecule has 138 valence electrons. The van der Waals surface area contributed by atoms with E-state index in [9.17, 15) is 9.59 Å². The standard InChI is InChI=1S/C17H20ClN5O3/c1-21-14-13(15(25)22(2)17(21)26)23(16(20-14)19-8-5-9-24)10-11-6-3-4-7-12(11)18/h3-4,6-7,24H,5,8-10H2,1-2H3,(H,19,20). The number of hydrogen-bond donors (Lipinski definition) is 2. The first-order valence-electron chi connectivity index (χ1n) is 8.20. The molecule has 0 bridgehead atoms. The smallest absolute Gasteiger partial charge is 0.332 e. The van der Waals surface area contributed by atoms with Crippen LogP contribution >= 0.6 is 11.6 Å². The van der Waals surface area contributed by atoms with Gasteiger partial charge in [0, 0.05) is 32.3 Å². The average Bonchev–Trinajstić information content (AvgIpc) is 2.99. The fourth-order valence-electron chi connectivity index (χ4n) is 2.81. The van der Waals surface area contributed by atoms with E-state index in [2.05, 4.69) is 10.3 Å². The number of nitrogens with zero attached hydrogens (tertiary/aromatic N) is 4. The van der Waals surface area contributed by atoms with Gasteiger partial charge in [0.15, 0.2) is 11.2 Å². The third kappa shape index (κ3) is 3.13. The van der Waals surface area contributed by atoms with E-state index in [1.165, 1.54) is 11.6 Å². The first kappa shape index (κ1) is 18.2. The summed E-state index contributed by atoms with van der Waals surface area (Å²) in [6.07, 6.45) is 0.534. The third-order valence-corrected chi connectivity index (χ3v) is 4.62. The molecule has 2 N–H and O–H groups in total. The fraction of sp³-hybridized carbons (Fsp3) is 0.353. The molecule has 0 saturated carbocycles. The van der Waals surface area contributed by atoms with E-state index in [4.69, 9.17) is 16.7 Å². The molecule has 0 aliphatic carbocycles. The maximum Gasteiger partial charge on any atom is 0.332 e. The Bertz CT molecular complexity index is 1070. The van der Waals surface area contributed by atoms with Gasteiger partial charge in [-0.1, -0.05) is 29.8 Å². The summed E-state index contributed by atoms with van der Waals surface area (Å²) in [4.78, 5) is 29.4. The predicted molar refractivity (Wildman–Crippen MR) is 101 cm³/mol. The van der Waals surface area contributed by atoms with Crippen molar-refractivity contribution in [2.45, 2.75) is 13.0 Å². The molecular formula is C17H20ClN5O3. The molecule has 0 spiro atoms. The van der Waals surface area contributed by atoms with Gasteiger partial charge in [-0.3, -0.25) is 18.5 Å². The summed E-state index contributed by atoms with van der Waals surface area (Å²) in [7, 11) is 3.02. The van der Waals surface area contributed by atoms with Gasteiger partial charge in [-0.15, -0.1) is 0 Å². The van der Waals surface area contributed by atoms with Crippen molar-refractivity contribution >= 4 is 28.7 Å². The monoisotopic (exact) mass is 377 g/mol. The van der Waals surface area contributed by atoms with Crippen molar-refractivity contribution < 1.29 is 5.11 Å². The van der Waals surface area contributed by atoms with E-state index in [1.807, 2.05) is 18.2 Å². The second kappa shape index (κ2) is 7.35. The van der Waals surface area contributed by atoms with Gasteiger partial charge >= 0.3 is 5.69 Å². The van der Waals surface area contributed by atoms with Crippen LogP contribution in [0.5, 0.6) is 0 Å². The second-order valence-corrected chi connectivity index (χ2v) is 6.40. The number of hydrogen-bond acceptors (Lipinski definition) is 5. The van der Waals surface area contributed by atoms with Gasteiger partial charge in [0.05, 0.1) is 6.54 Å². The molecule has 3 rings (SSSR count). The largest absolute Gasteiger partial charge is 0.396 e. The first-order valence-corrected chi connectivity index (χ1v) is 8.58. The molecule has 2 aromatic heterocycles. The van der Waals surface area contributed by atoms with E-state index in [0.717, 1.165) is 10.1 Å². The average molecular weight is 378 g/mol. The fourth-order valence-corrected chi connectivity index (χ4v) is 3.01. The minimum absolute atomic E-state index is 0.0397. The number of rotatable bonds is 6. The Morgan fingerprint density at radius 1 is 1.19 bits per heavy atom. The van der Waals surface area contributed by atoms with Gasteiger partial charge in [0.25, 0.3) is 5.56 Å². The van der Waals surface area contributed by atoms with Crippen molar-refractivity contribution in [3.8, 4) is 0 Å². The highest BCUT2D eigenvalue weighted by molar-refractivity contribution is 6.31. The zero-order valence-corrected chi connectivity index (χ0v) is 15.3. The van der Waals surface area contributed by atoms with Crippen LogP contribution in [0, 0.1) is 0 Å². The minimum atomic E-state index is -0.438. The van der Waals surface area contributed by atoms with E-state index in [-0.39, 0.29) is 6.61 Å². The Morgan fingerprint density at radius 2 is 1.92 bits per heavy atom. The highest BCUT2D eigenvalue weighted by Crippen LogP contribution is 2.21. The predicted octanol–water partition coefficient (Wildman–Crippen LogP) is 0.930. The Balaban J connectivity index is 2.23. The molecule has 0 fully saturated rings. The second-order valence-electron chi connectivity index (χ2n) is 5.99. The molecule has 9 heteroatoms. The first-order chi connectivity index (χ1) is 12.5. The summed E-state index contributed by atoms with van der Waals surface area (Å²) < 4.78 is 4.12. The molecule has 0 radical (unpaired) electrons. The van der Waals surface area contributed by atoms with Crippen LogP contribution in [0.3, 0.4) is 0 Å². The molecular weight excluding hydrogens is 358 g/mol. The molecule has 0 atom stereocenters. The summed E-state index contributed by atoms with van der Waals surface area (Å²) in [6.45, 7) is 0.847. The van der Waals surface area contributed by atoms with Gasteiger partial charge in [0.2, 0.25) is 5.95 Å². The van der Waals surface area contributed by atoms with Crippen molar-refractivity contribution in [2.24, 2.45) is 14.1 Å². The van der Waals surface area contributed by atoms with Crippen molar-refractivity contribution in [3.05, 3.63) is 55.7 Å². The van der Waals surface area contributed by atoms with E-state index in [1.54, 1.807) is 17.7 Å². The zero-order valence-electron chi connectivity index (χ0n) is 14.6. The number of imidazole rings is 1. The van der Waals surface area contributed by atoms with E-state index in [0.29, 0.717) is 41.6 Å². The Kier molecular flexibility index (Phi) is 5.15. The van der Waals surface area contributed by atoms with E-state index >= 15 is 0 Å². The van der Waals surface area contributed by atoms with Crippen molar-refractivity contribution in [3.63, 3.8) is 0 Å². The lowest BCUT2D eigenvalue weighted by Crippen LogP contribution is -2.37. The maximum absolute atomic E-state index is 12.7. The quantitative estimate of drug-likeness (QED) is 0.623. The topological polar surface area (TPSA) is 94.1 Å². The number of halogens is 1. The molecule has 8 nitrogen and oxygen atoms in total. The summed E-state index contributed by atoms with van der Waals surface area (Å²) in [5, 5.41) is 12.7. The molecule has 0 amide bonds. The Morgan fingerprint density at radius 3 is 2.62 bits per heavy atom. The van der Waals surface area contributed by atoms with Gasteiger partial charge in [-0.2, -0.15) is 4.98 Å². The number of aromatic nitrogens is 4. The SMILES string of the molecule is Cn1c(=O)c2c(nc(NCCCO)n2Cc2ccccc2Cl)n(C)c1=O. The Labute approximate surface area is 154 Å². The minimum Gasteiger partial charge on any atom is -0.396 e. The Hall–Kier alpha value is -2.58. The molecule has 3 aromatic rings. The van der Waals surface area contributed by atoms with Crippen molar-refractivity contribution in [1.82, 2.24) is 18.7 Å². The van der Waals surface area contributed by atoms with Crippen LogP contribution in [0.2, 0.25) is 5.02 Å². The summed E-state index contributed by atoms with van der Waals surface area (Å²) in [6, 6.07) is 7.36. The van der Waals surface area contributed by atoms with Crippen LogP contribution in [0.4, 0.5) is 5.95 Å². The zero-order chi connectivity index (χ0) is 18.8. The number of benzene rings is 1. The van der Waals surface area contributed by atoms with Gasteiger partial charge in [0.1, 0.15) is 0 Å². The highest BCUT2D eigenvalue weighted by Gasteiger charge is 2.19. The van der Waals surface area contributed by atoms with E-state index < -0.39 is 11.2 Å². The molecule has 1 aromatic carbocycles. The van der Waals surface area contributed by atoms with Crippen molar-refractivity contribution in [1.29, 1.82) is 0 Å². The normalized spacial score (nSPS) is 11.2. The molecule has 2 heterocycles. The maximum atomic E-state index is 12.7. The number of aliphatic hydroxyl groups excluding tert-OH is 1. The summed E-state index contributed by atoms with van der Waals surface area (Å²) in [5.41, 5.74) is 0.594. The number of aliphatic hydroxyl groups is 1. The van der Waals surface area contributed by atoms with Crippen LogP contribution in [-0.2, 0) is 20.6 Å². The molecule has 0 unspecified atom stereocenters. The molecule has 0 saturated heterocycles. The van der Waals surface area contributed by atoms with Gasteiger partial charge < -0.3 is 10.4 Å². The lowest BCUT2D eigenvalue weighted by Gasteiger charge is -2.11.